The molecule has 1 aromatic carbocycles. The molecule has 0 spiro atoms. The van der Waals surface area contributed by atoms with Gasteiger partial charge in [-0.05, 0) is 76.1 Å². The standard InChI is InChI=1S/C24H31N3O4S/c1-6-31-23(28)15-32(30)21-8-7-20(14-17(21)3)24(29)27-12-11-26(18(4)19(27)5)22-13-16(2)9-10-25-22/h7-10,13-14,18-19H,6,11-12,15H2,1-5H3/t18-,19-,32?/m0/s1. The summed E-state index contributed by atoms with van der Waals surface area (Å²) in [5.74, 6) is 0.202. The number of hydrogen-bond donors (Lipinski definition) is 0. The van der Waals surface area contributed by atoms with Crippen LogP contribution in [0.3, 0.4) is 0 Å². The fraction of sp³-hybridized carbons (Fsp3) is 0.458. The largest absolute Gasteiger partial charge is 0.465 e. The molecule has 1 aliphatic rings. The number of hydrogen-bond acceptors (Lipinski definition) is 6. The lowest BCUT2D eigenvalue weighted by molar-refractivity contribution is -0.139. The Morgan fingerprint density at radius 1 is 1.12 bits per heavy atom. The molecule has 0 aliphatic carbocycles. The highest BCUT2D eigenvalue weighted by Crippen LogP contribution is 2.25. The monoisotopic (exact) mass is 457 g/mol. The first-order chi connectivity index (χ1) is 15.2. The number of esters is 1. The maximum absolute atomic E-state index is 13.3. The number of aryl methyl sites for hydroxylation is 2. The lowest BCUT2D eigenvalue weighted by atomic mass is 10.0. The zero-order valence-electron chi connectivity index (χ0n) is 19.3. The molecule has 3 atom stereocenters. The zero-order valence-corrected chi connectivity index (χ0v) is 20.1. The number of rotatable bonds is 6. The van der Waals surface area contributed by atoms with E-state index in [4.69, 9.17) is 4.74 Å². The van der Waals surface area contributed by atoms with Crippen molar-refractivity contribution in [2.45, 2.75) is 51.6 Å². The number of carbonyl (C=O) groups is 2. The number of ether oxygens (including phenoxy) is 1. The molecule has 1 aromatic heterocycles. The van der Waals surface area contributed by atoms with Crippen molar-refractivity contribution in [3.8, 4) is 0 Å². The van der Waals surface area contributed by atoms with Crippen molar-refractivity contribution in [3.63, 3.8) is 0 Å². The number of benzene rings is 1. The van der Waals surface area contributed by atoms with Crippen molar-refractivity contribution in [3.05, 3.63) is 53.2 Å². The maximum atomic E-state index is 13.3. The fourth-order valence-corrected chi connectivity index (χ4v) is 5.11. The number of pyridine rings is 1. The SMILES string of the molecule is CCOC(=O)CS(=O)c1ccc(C(=O)N2CCN(c3cc(C)ccn3)[C@@H](C)[C@@H]2C)cc1C. The summed E-state index contributed by atoms with van der Waals surface area (Å²) in [5, 5.41) is 0. The highest BCUT2D eigenvalue weighted by Gasteiger charge is 2.34. The summed E-state index contributed by atoms with van der Waals surface area (Å²) in [4.78, 5) is 34.1. The second-order valence-corrected chi connectivity index (χ2v) is 9.56. The summed E-state index contributed by atoms with van der Waals surface area (Å²) >= 11 is 0. The highest BCUT2D eigenvalue weighted by atomic mass is 32.2. The Bertz CT molecular complexity index is 1030. The number of amides is 1. The van der Waals surface area contributed by atoms with E-state index in [0.29, 0.717) is 23.5 Å². The van der Waals surface area contributed by atoms with Gasteiger partial charge in [-0.2, -0.15) is 0 Å². The van der Waals surface area contributed by atoms with Gasteiger partial charge < -0.3 is 14.5 Å². The van der Waals surface area contributed by atoms with E-state index in [1.165, 1.54) is 0 Å². The van der Waals surface area contributed by atoms with E-state index in [0.717, 1.165) is 16.9 Å². The minimum Gasteiger partial charge on any atom is -0.465 e. The molecule has 0 saturated carbocycles. The van der Waals surface area contributed by atoms with Crippen LogP contribution in [0.1, 0.15) is 42.3 Å². The minimum atomic E-state index is -1.51. The molecule has 0 bridgehead atoms. The van der Waals surface area contributed by atoms with Crippen molar-refractivity contribution < 1.29 is 18.5 Å². The van der Waals surface area contributed by atoms with Crippen molar-refractivity contribution >= 4 is 28.5 Å². The Morgan fingerprint density at radius 2 is 1.88 bits per heavy atom. The lowest BCUT2D eigenvalue weighted by Crippen LogP contribution is -2.59. The number of anilines is 1. The molecule has 1 amide bonds. The van der Waals surface area contributed by atoms with Crippen LogP contribution in [0.5, 0.6) is 0 Å². The molecule has 172 valence electrons. The van der Waals surface area contributed by atoms with Gasteiger partial charge in [-0.3, -0.25) is 13.8 Å². The van der Waals surface area contributed by atoms with Crippen LogP contribution >= 0.6 is 0 Å². The van der Waals surface area contributed by atoms with Crippen LogP contribution in [0, 0.1) is 13.8 Å². The summed E-state index contributed by atoms with van der Waals surface area (Å²) in [6.07, 6.45) is 1.82. The Morgan fingerprint density at radius 3 is 2.53 bits per heavy atom. The van der Waals surface area contributed by atoms with E-state index in [1.807, 2.05) is 31.0 Å². The number of piperazine rings is 1. The van der Waals surface area contributed by atoms with Gasteiger partial charge in [0.15, 0.2) is 0 Å². The molecular weight excluding hydrogens is 426 g/mol. The quantitative estimate of drug-likeness (QED) is 0.620. The first kappa shape index (κ1) is 23.9. The second kappa shape index (κ2) is 10.3. The zero-order chi connectivity index (χ0) is 23.4. The smallest absolute Gasteiger partial charge is 0.318 e. The van der Waals surface area contributed by atoms with E-state index in [2.05, 4.69) is 29.8 Å². The van der Waals surface area contributed by atoms with E-state index in [-0.39, 0.29) is 30.4 Å². The molecule has 7 nitrogen and oxygen atoms in total. The van der Waals surface area contributed by atoms with Gasteiger partial charge in [0.2, 0.25) is 0 Å². The Labute approximate surface area is 192 Å². The molecule has 1 saturated heterocycles. The summed E-state index contributed by atoms with van der Waals surface area (Å²) in [6, 6.07) is 9.28. The van der Waals surface area contributed by atoms with Gasteiger partial charge in [0.25, 0.3) is 5.91 Å². The van der Waals surface area contributed by atoms with Gasteiger partial charge in [-0.1, -0.05) is 0 Å². The van der Waals surface area contributed by atoms with Crippen LogP contribution in [-0.2, 0) is 20.3 Å². The molecule has 32 heavy (non-hydrogen) atoms. The second-order valence-electron chi connectivity index (χ2n) is 8.14. The molecule has 0 radical (unpaired) electrons. The molecule has 0 N–H and O–H groups in total. The average molecular weight is 458 g/mol. The maximum Gasteiger partial charge on any atom is 0.318 e. The number of aromatic nitrogens is 1. The number of carbonyl (C=O) groups excluding carboxylic acids is 2. The van der Waals surface area contributed by atoms with Crippen molar-refractivity contribution in [1.82, 2.24) is 9.88 Å². The van der Waals surface area contributed by atoms with Gasteiger partial charge in [-0.15, -0.1) is 0 Å². The van der Waals surface area contributed by atoms with E-state index in [9.17, 15) is 13.8 Å². The van der Waals surface area contributed by atoms with Gasteiger partial charge in [-0.25, -0.2) is 4.98 Å². The van der Waals surface area contributed by atoms with Crippen LogP contribution in [0.2, 0.25) is 0 Å². The van der Waals surface area contributed by atoms with Crippen molar-refractivity contribution in [2.24, 2.45) is 0 Å². The summed E-state index contributed by atoms with van der Waals surface area (Å²) in [7, 11) is -1.51. The Balaban J connectivity index is 1.73. The highest BCUT2D eigenvalue weighted by molar-refractivity contribution is 7.85. The fourth-order valence-electron chi connectivity index (χ4n) is 4.02. The van der Waals surface area contributed by atoms with Gasteiger partial charge in [0.1, 0.15) is 11.6 Å². The van der Waals surface area contributed by atoms with Crippen LogP contribution < -0.4 is 4.90 Å². The third-order valence-electron chi connectivity index (χ3n) is 5.94. The van der Waals surface area contributed by atoms with E-state index < -0.39 is 16.8 Å². The van der Waals surface area contributed by atoms with Crippen LogP contribution in [0.25, 0.3) is 0 Å². The van der Waals surface area contributed by atoms with E-state index in [1.54, 1.807) is 25.1 Å². The summed E-state index contributed by atoms with van der Waals surface area (Å²) in [5.41, 5.74) is 2.44. The number of nitrogens with zero attached hydrogens (tertiary/aromatic N) is 3. The van der Waals surface area contributed by atoms with E-state index >= 15 is 0 Å². The van der Waals surface area contributed by atoms with Crippen LogP contribution in [0.4, 0.5) is 5.82 Å². The summed E-state index contributed by atoms with van der Waals surface area (Å²) in [6.45, 7) is 11.3. The van der Waals surface area contributed by atoms with Crippen LogP contribution in [-0.4, -0.2) is 63.5 Å². The van der Waals surface area contributed by atoms with Gasteiger partial charge >= 0.3 is 5.97 Å². The Kier molecular flexibility index (Phi) is 7.66. The first-order valence-corrected chi connectivity index (χ1v) is 12.2. The topological polar surface area (TPSA) is 79.8 Å². The molecule has 2 aromatic rings. The molecule has 2 heterocycles. The molecule has 3 rings (SSSR count). The van der Waals surface area contributed by atoms with Gasteiger partial charge in [0, 0.05) is 41.8 Å². The lowest BCUT2D eigenvalue weighted by Gasteiger charge is -2.45. The molecule has 1 aliphatic heterocycles. The van der Waals surface area contributed by atoms with Gasteiger partial charge in [0.05, 0.1) is 17.4 Å². The summed E-state index contributed by atoms with van der Waals surface area (Å²) < 4.78 is 17.4. The Hall–Kier alpha value is -2.74. The molecule has 1 fully saturated rings. The molecule has 1 unspecified atom stereocenters. The predicted molar refractivity (Wildman–Crippen MR) is 125 cm³/mol. The third kappa shape index (κ3) is 5.18. The molecule has 8 heteroatoms. The average Bonchev–Trinajstić information content (AvgIpc) is 2.75. The molecular formula is C24H31N3O4S. The van der Waals surface area contributed by atoms with Crippen molar-refractivity contribution in [2.75, 3.05) is 30.3 Å². The predicted octanol–water partition coefficient (Wildman–Crippen LogP) is 3.11. The third-order valence-corrected chi connectivity index (χ3v) is 7.39. The first-order valence-electron chi connectivity index (χ1n) is 10.9. The normalized spacial score (nSPS) is 19.5. The minimum absolute atomic E-state index is 0.00325. The van der Waals surface area contributed by atoms with Crippen molar-refractivity contribution in [1.29, 1.82) is 0 Å². The van der Waals surface area contributed by atoms with Crippen LogP contribution in [0.15, 0.2) is 41.4 Å².